The van der Waals surface area contributed by atoms with E-state index < -0.39 is 11.7 Å². The van der Waals surface area contributed by atoms with Crippen molar-refractivity contribution in [2.45, 2.75) is 56.6 Å². The van der Waals surface area contributed by atoms with Gasteiger partial charge in [0.05, 0.1) is 34.9 Å². The number of fused-ring (bicyclic) bond motifs is 2. The molecule has 1 aromatic carbocycles. The van der Waals surface area contributed by atoms with Crippen LogP contribution in [0.25, 0.3) is 0 Å². The van der Waals surface area contributed by atoms with Gasteiger partial charge in [-0.25, -0.2) is 0 Å². The molecule has 118 valence electrons. The topological polar surface area (TPSA) is 87.7 Å². The fourth-order valence-corrected chi connectivity index (χ4v) is 4.19. The summed E-state index contributed by atoms with van der Waals surface area (Å²) in [5, 5.41) is 39.6. The van der Waals surface area contributed by atoms with Gasteiger partial charge in [0.15, 0.2) is 0 Å². The number of benzene rings is 1. The molecule has 2 heterocycles. The molecule has 1 unspecified atom stereocenters. The second-order valence-corrected chi connectivity index (χ2v) is 6.91. The van der Waals surface area contributed by atoms with Gasteiger partial charge < -0.3 is 20.2 Å². The number of nitrogens with zero attached hydrogens (tertiary/aromatic N) is 2. The van der Waals surface area contributed by atoms with E-state index in [1.807, 2.05) is 6.07 Å². The largest absolute Gasteiger partial charge is 0.392 e. The summed E-state index contributed by atoms with van der Waals surface area (Å²) >= 11 is 6.22. The van der Waals surface area contributed by atoms with Crippen LogP contribution >= 0.6 is 11.6 Å². The number of nitriles is 1. The van der Waals surface area contributed by atoms with Crippen LogP contribution in [0.4, 0.5) is 5.69 Å². The van der Waals surface area contributed by atoms with Crippen molar-refractivity contribution < 1.29 is 15.3 Å². The lowest BCUT2D eigenvalue weighted by molar-refractivity contribution is 0.0127. The summed E-state index contributed by atoms with van der Waals surface area (Å²) in [5.74, 6) is 0. The monoisotopic (exact) mass is 322 g/mol. The SMILES string of the molecule is C[C@]1(O)C[C@H]2CC(O)[C@@H](C1)N2c1ccc(C#N)c(Cl)c1CO. The Morgan fingerprint density at radius 1 is 1.45 bits per heavy atom. The third kappa shape index (κ3) is 2.37. The molecule has 3 N–H and O–H groups in total. The number of halogens is 1. The first-order valence-corrected chi connectivity index (χ1v) is 7.77. The van der Waals surface area contributed by atoms with Crippen LogP contribution in [0, 0.1) is 11.3 Å². The van der Waals surface area contributed by atoms with E-state index >= 15 is 0 Å². The van der Waals surface area contributed by atoms with Crippen molar-refractivity contribution in [3.63, 3.8) is 0 Å². The third-order valence-corrected chi connectivity index (χ3v) is 5.24. The molecule has 0 amide bonds. The predicted molar refractivity (Wildman–Crippen MR) is 82.6 cm³/mol. The van der Waals surface area contributed by atoms with E-state index in [0.717, 1.165) is 5.69 Å². The molecule has 2 saturated heterocycles. The fraction of sp³-hybridized carbons (Fsp3) is 0.562. The molecule has 1 aromatic rings. The normalized spacial score (nSPS) is 33.8. The van der Waals surface area contributed by atoms with E-state index in [4.69, 9.17) is 16.9 Å². The quantitative estimate of drug-likeness (QED) is 0.769. The summed E-state index contributed by atoms with van der Waals surface area (Å²) in [5.41, 5.74) is 0.783. The zero-order chi connectivity index (χ0) is 16.1. The highest BCUT2D eigenvalue weighted by Crippen LogP contribution is 2.45. The van der Waals surface area contributed by atoms with Crippen LogP contribution in [0.3, 0.4) is 0 Å². The Labute approximate surface area is 134 Å². The smallest absolute Gasteiger partial charge is 0.101 e. The molecule has 5 nitrogen and oxygen atoms in total. The molecule has 0 radical (unpaired) electrons. The molecule has 3 rings (SSSR count). The number of aliphatic hydroxyl groups excluding tert-OH is 2. The minimum absolute atomic E-state index is 0.00180. The molecule has 2 fully saturated rings. The maximum atomic E-state index is 10.3. The van der Waals surface area contributed by atoms with Crippen LogP contribution < -0.4 is 4.90 Å². The Morgan fingerprint density at radius 3 is 2.77 bits per heavy atom. The zero-order valence-corrected chi connectivity index (χ0v) is 13.1. The minimum atomic E-state index is -0.793. The number of aliphatic hydroxyl groups is 3. The van der Waals surface area contributed by atoms with Gasteiger partial charge >= 0.3 is 0 Å². The van der Waals surface area contributed by atoms with E-state index in [-0.39, 0.29) is 23.7 Å². The first kappa shape index (κ1) is 15.6. The van der Waals surface area contributed by atoms with Gasteiger partial charge in [-0.3, -0.25) is 0 Å². The van der Waals surface area contributed by atoms with Gasteiger partial charge in [-0.2, -0.15) is 5.26 Å². The standard InChI is InChI=1S/C16H19ClN2O3/c1-16(22)5-10-4-14(21)13(6-16)19(10)12-3-2-9(7-18)15(17)11(12)8-20/h2-3,10,13-14,20-22H,4-6,8H2,1H3/t10-,13-,14?,16+/m1/s1. The van der Waals surface area contributed by atoms with Crippen molar-refractivity contribution in [1.29, 1.82) is 5.26 Å². The maximum absolute atomic E-state index is 10.3. The highest BCUT2D eigenvalue weighted by molar-refractivity contribution is 6.33. The van der Waals surface area contributed by atoms with Gasteiger partial charge in [-0.1, -0.05) is 11.6 Å². The Hall–Kier alpha value is -1.32. The van der Waals surface area contributed by atoms with E-state index in [0.29, 0.717) is 30.4 Å². The van der Waals surface area contributed by atoms with Crippen LogP contribution in [0.15, 0.2) is 12.1 Å². The molecule has 4 atom stereocenters. The molecule has 0 aliphatic carbocycles. The van der Waals surface area contributed by atoms with Crippen molar-refractivity contribution in [2.75, 3.05) is 4.90 Å². The average molecular weight is 323 g/mol. The summed E-state index contributed by atoms with van der Waals surface area (Å²) in [7, 11) is 0. The van der Waals surface area contributed by atoms with Crippen LogP contribution in [0.2, 0.25) is 5.02 Å². The second-order valence-electron chi connectivity index (χ2n) is 6.53. The summed E-state index contributed by atoms with van der Waals surface area (Å²) < 4.78 is 0. The van der Waals surface area contributed by atoms with Gasteiger partial charge in [0.25, 0.3) is 0 Å². The van der Waals surface area contributed by atoms with Gasteiger partial charge in [0.1, 0.15) is 6.07 Å². The van der Waals surface area contributed by atoms with Crippen LogP contribution in [-0.4, -0.2) is 39.1 Å². The molecule has 0 aromatic heterocycles. The Morgan fingerprint density at radius 2 is 2.18 bits per heavy atom. The third-order valence-electron chi connectivity index (χ3n) is 4.81. The van der Waals surface area contributed by atoms with Crippen LogP contribution in [0.1, 0.15) is 37.3 Å². The average Bonchev–Trinajstić information content (AvgIpc) is 2.66. The van der Waals surface area contributed by atoms with E-state index in [1.165, 1.54) is 0 Å². The van der Waals surface area contributed by atoms with Crippen LogP contribution in [0.5, 0.6) is 0 Å². The van der Waals surface area contributed by atoms with E-state index in [2.05, 4.69) is 4.90 Å². The minimum Gasteiger partial charge on any atom is -0.392 e. The number of rotatable bonds is 2. The molecule has 22 heavy (non-hydrogen) atoms. The Balaban J connectivity index is 2.06. The number of anilines is 1. The first-order valence-electron chi connectivity index (χ1n) is 7.39. The lowest BCUT2D eigenvalue weighted by Crippen LogP contribution is -2.51. The number of hydrogen-bond donors (Lipinski definition) is 3. The summed E-state index contributed by atoms with van der Waals surface area (Å²) in [6.07, 6.45) is 1.10. The second kappa shape index (κ2) is 5.39. The highest BCUT2D eigenvalue weighted by Gasteiger charge is 2.50. The fourth-order valence-electron chi connectivity index (χ4n) is 3.93. The Kier molecular flexibility index (Phi) is 3.82. The van der Waals surface area contributed by atoms with E-state index in [1.54, 1.807) is 19.1 Å². The molecule has 0 spiro atoms. The van der Waals surface area contributed by atoms with E-state index in [9.17, 15) is 15.3 Å². The molecular weight excluding hydrogens is 304 g/mol. The van der Waals surface area contributed by atoms with Gasteiger partial charge in [0, 0.05) is 17.3 Å². The zero-order valence-electron chi connectivity index (χ0n) is 12.3. The molecule has 2 aliphatic heterocycles. The van der Waals surface area contributed by atoms with Crippen molar-refractivity contribution in [3.05, 3.63) is 28.3 Å². The molecule has 0 saturated carbocycles. The van der Waals surface area contributed by atoms with Gasteiger partial charge in [-0.05, 0) is 38.3 Å². The number of hydrogen-bond acceptors (Lipinski definition) is 5. The summed E-state index contributed by atoms with van der Waals surface area (Å²) in [4.78, 5) is 2.06. The lowest BCUT2D eigenvalue weighted by Gasteiger charge is -2.44. The first-order chi connectivity index (χ1) is 10.4. The number of piperidine rings is 1. The van der Waals surface area contributed by atoms with Crippen molar-refractivity contribution >= 4 is 17.3 Å². The molecule has 2 bridgehead atoms. The predicted octanol–water partition coefficient (Wildman–Crippen LogP) is 1.56. The highest BCUT2D eigenvalue weighted by atomic mass is 35.5. The molecule has 6 heteroatoms. The molecular formula is C16H19ClN2O3. The maximum Gasteiger partial charge on any atom is 0.101 e. The van der Waals surface area contributed by atoms with Crippen molar-refractivity contribution in [2.24, 2.45) is 0 Å². The summed E-state index contributed by atoms with van der Waals surface area (Å²) in [6.45, 7) is 1.52. The lowest BCUT2D eigenvalue weighted by atomic mass is 9.87. The van der Waals surface area contributed by atoms with Crippen LogP contribution in [-0.2, 0) is 6.61 Å². The van der Waals surface area contributed by atoms with Crippen molar-refractivity contribution in [3.8, 4) is 6.07 Å². The molecule has 2 aliphatic rings. The van der Waals surface area contributed by atoms with Gasteiger partial charge in [0.2, 0.25) is 0 Å². The summed E-state index contributed by atoms with van der Waals surface area (Å²) in [6, 6.07) is 5.21. The van der Waals surface area contributed by atoms with Crippen molar-refractivity contribution in [1.82, 2.24) is 0 Å². The van der Waals surface area contributed by atoms with Gasteiger partial charge in [-0.15, -0.1) is 0 Å². The Bertz CT molecular complexity index is 641.